The van der Waals surface area contributed by atoms with Crippen LogP contribution in [0.3, 0.4) is 0 Å². The summed E-state index contributed by atoms with van der Waals surface area (Å²) in [4.78, 5) is 18.4. The maximum absolute atomic E-state index is 11.9. The van der Waals surface area contributed by atoms with E-state index in [1.165, 1.54) is 6.42 Å². The summed E-state index contributed by atoms with van der Waals surface area (Å²) in [6.07, 6.45) is 1.21. The molecule has 2 fully saturated rings. The minimum absolute atomic E-state index is 0.118. The third-order valence-corrected chi connectivity index (χ3v) is 3.82. The van der Waals surface area contributed by atoms with Gasteiger partial charge in [0, 0.05) is 39.3 Å². The zero-order valence-corrected chi connectivity index (χ0v) is 11.0. The van der Waals surface area contributed by atoms with Gasteiger partial charge in [-0.2, -0.15) is 0 Å². The van der Waals surface area contributed by atoms with Crippen LogP contribution in [0.25, 0.3) is 0 Å². The number of amides is 2. The Balaban J connectivity index is 1.67. The quantitative estimate of drug-likeness (QED) is 0.732. The minimum atomic E-state index is 0.118. The van der Waals surface area contributed by atoms with Crippen LogP contribution >= 0.6 is 0 Å². The van der Waals surface area contributed by atoms with E-state index in [0.29, 0.717) is 5.92 Å². The van der Waals surface area contributed by atoms with Gasteiger partial charge in [-0.05, 0) is 33.0 Å². The van der Waals surface area contributed by atoms with Gasteiger partial charge in [-0.3, -0.25) is 0 Å². The number of urea groups is 1. The number of hydrogen-bond donors (Lipinski definition) is 1. The maximum atomic E-state index is 11.9. The van der Waals surface area contributed by atoms with Crippen molar-refractivity contribution >= 4 is 6.03 Å². The second-order valence-electron chi connectivity index (χ2n) is 5.39. The van der Waals surface area contributed by atoms with Gasteiger partial charge in [0.2, 0.25) is 0 Å². The fraction of sp³-hybridized carbons (Fsp3) is 0.917. The van der Waals surface area contributed by atoms with E-state index in [1.54, 1.807) is 0 Å². The molecule has 0 aromatic rings. The molecule has 2 amide bonds. The van der Waals surface area contributed by atoms with Gasteiger partial charge in [0.05, 0.1) is 0 Å². The predicted molar refractivity (Wildman–Crippen MR) is 68.1 cm³/mol. The maximum Gasteiger partial charge on any atom is 0.317 e. The van der Waals surface area contributed by atoms with E-state index in [-0.39, 0.29) is 6.03 Å². The highest BCUT2D eigenvalue weighted by Gasteiger charge is 2.22. The number of nitrogens with one attached hydrogen (secondary N) is 1. The van der Waals surface area contributed by atoms with E-state index in [1.807, 2.05) is 4.90 Å². The Bertz CT molecular complexity index is 263. The molecule has 0 aromatic heterocycles. The fourth-order valence-corrected chi connectivity index (χ4v) is 2.55. The fourth-order valence-electron chi connectivity index (χ4n) is 2.55. The predicted octanol–water partition coefficient (Wildman–Crippen LogP) is -0.105. The Morgan fingerprint density at radius 2 is 1.82 bits per heavy atom. The highest BCUT2D eigenvalue weighted by atomic mass is 16.2. The number of carbonyl (C=O) groups excluding carboxylic acids is 1. The Hall–Kier alpha value is -0.810. The van der Waals surface area contributed by atoms with Crippen LogP contribution in [0.1, 0.15) is 6.42 Å². The molecule has 2 heterocycles. The largest absolute Gasteiger partial charge is 0.338 e. The van der Waals surface area contributed by atoms with Gasteiger partial charge in [-0.1, -0.05) is 0 Å². The number of hydrogen-bond acceptors (Lipinski definition) is 3. The molecule has 2 saturated heterocycles. The lowest BCUT2D eigenvalue weighted by molar-refractivity contribution is 0.153. The smallest absolute Gasteiger partial charge is 0.317 e. The summed E-state index contributed by atoms with van der Waals surface area (Å²) in [5.74, 6) is 0.636. The molecule has 0 aromatic carbocycles. The second-order valence-corrected chi connectivity index (χ2v) is 5.39. The van der Waals surface area contributed by atoms with Crippen LogP contribution in [-0.2, 0) is 0 Å². The van der Waals surface area contributed by atoms with Crippen molar-refractivity contribution in [3.63, 3.8) is 0 Å². The summed E-state index contributed by atoms with van der Waals surface area (Å²) < 4.78 is 0. The highest BCUT2D eigenvalue weighted by Crippen LogP contribution is 2.13. The Kier molecular flexibility index (Phi) is 4.23. The van der Waals surface area contributed by atoms with Gasteiger partial charge in [0.1, 0.15) is 0 Å². The normalized spacial score (nSPS) is 27.4. The average Bonchev–Trinajstić information content (AvgIpc) is 2.73. The van der Waals surface area contributed by atoms with Crippen LogP contribution in [0.5, 0.6) is 0 Å². The SMILES string of the molecule is CN1CCN(C(=O)NCC2CCN(C)C2)CC1. The topological polar surface area (TPSA) is 38.8 Å². The first-order chi connectivity index (χ1) is 8.15. The third kappa shape index (κ3) is 3.57. The van der Waals surface area contributed by atoms with E-state index >= 15 is 0 Å². The van der Waals surface area contributed by atoms with Gasteiger partial charge >= 0.3 is 6.03 Å². The molecule has 1 N–H and O–H groups in total. The van der Waals surface area contributed by atoms with Crippen molar-refractivity contribution in [1.29, 1.82) is 0 Å². The molecule has 0 saturated carbocycles. The molecule has 2 aliphatic rings. The first kappa shape index (κ1) is 12.6. The van der Waals surface area contributed by atoms with Crippen molar-refractivity contribution in [1.82, 2.24) is 20.0 Å². The molecule has 1 atom stereocenters. The summed E-state index contributed by atoms with van der Waals surface area (Å²) in [5.41, 5.74) is 0. The van der Waals surface area contributed by atoms with E-state index in [4.69, 9.17) is 0 Å². The van der Waals surface area contributed by atoms with Crippen LogP contribution in [0, 0.1) is 5.92 Å². The van der Waals surface area contributed by atoms with Crippen molar-refractivity contribution in [2.45, 2.75) is 6.42 Å². The van der Waals surface area contributed by atoms with Crippen molar-refractivity contribution in [2.75, 3.05) is 59.9 Å². The van der Waals surface area contributed by atoms with E-state index in [0.717, 1.165) is 45.8 Å². The Morgan fingerprint density at radius 1 is 1.12 bits per heavy atom. The number of piperazine rings is 1. The highest BCUT2D eigenvalue weighted by molar-refractivity contribution is 5.74. The molecule has 0 radical (unpaired) electrons. The Morgan fingerprint density at radius 3 is 2.41 bits per heavy atom. The van der Waals surface area contributed by atoms with Gasteiger partial charge in [-0.25, -0.2) is 4.79 Å². The monoisotopic (exact) mass is 240 g/mol. The molecule has 98 valence electrons. The van der Waals surface area contributed by atoms with E-state index in [2.05, 4.69) is 29.2 Å². The van der Waals surface area contributed by atoms with Crippen molar-refractivity contribution in [3.05, 3.63) is 0 Å². The molecule has 2 rings (SSSR count). The zero-order chi connectivity index (χ0) is 12.3. The summed E-state index contributed by atoms with van der Waals surface area (Å²) in [7, 11) is 4.24. The Labute approximate surface area is 104 Å². The molecule has 2 aliphatic heterocycles. The lowest BCUT2D eigenvalue weighted by atomic mass is 10.1. The van der Waals surface area contributed by atoms with Crippen LogP contribution in [0.4, 0.5) is 4.79 Å². The zero-order valence-electron chi connectivity index (χ0n) is 11.0. The van der Waals surface area contributed by atoms with Gasteiger partial charge in [0.15, 0.2) is 0 Å². The lowest BCUT2D eigenvalue weighted by Crippen LogP contribution is -2.51. The standard InChI is InChI=1S/C12H24N4O/c1-14-5-7-16(8-6-14)12(17)13-9-11-3-4-15(2)10-11/h11H,3-10H2,1-2H3,(H,13,17). The summed E-state index contributed by atoms with van der Waals surface area (Å²) in [6.45, 7) is 6.78. The van der Waals surface area contributed by atoms with Crippen molar-refractivity contribution < 1.29 is 4.79 Å². The molecule has 0 spiro atoms. The van der Waals surface area contributed by atoms with Gasteiger partial charge < -0.3 is 20.0 Å². The first-order valence-corrected chi connectivity index (χ1v) is 6.55. The molecule has 5 nitrogen and oxygen atoms in total. The number of likely N-dealkylation sites (N-methyl/N-ethyl adjacent to an activating group) is 1. The average molecular weight is 240 g/mol. The number of rotatable bonds is 2. The van der Waals surface area contributed by atoms with Gasteiger partial charge in [-0.15, -0.1) is 0 Å². The molecule has 0 aliphatic carbocycles. The molecule has 17 heavy (non-hydrogen) atoms. The number of likely N-dealkylation sites (tertiary alicyclic amines) is 1. The van der Waals surface area contributed by atoms with Crippen LogP contribution in [-0.4, -0.2) is 80.6 Å². The second kappa shape index (κ2) is 5.69. The van der Waals surface area contributed by atoms with E-state index in [9.17, 15) is 4.79 Å². The molecule has 5 heteroatoms. The van der Waals surface area contributed by atoms with Crippen LogP contribution < -0.4 is 5.32 Å². The molecular weight excluding hydrogens is 216 g/mol. The van der Waals surface area contributed by atoms with Gasteiger partial charge in [0.25, 0.3) is 0 Å². The van der Waals surface area contributed by atoms with Crippen LogP contribution in [0.15, 0.2) is 0 Å². The van der Waals surface area contributed by atoms with Crippen molar-refractivity contribution in [2.24, 2.45) is 5.92 Å². The lowest BCUT2D eigenvalue weighted by Gasteiger charge is -2.32. The third-order valence-electron chi connectivity index (χ3n) is 3.82. The van der Waals surface area contributed by atoms with Crippen molar-refractivity contribution in [3.8, 4) is 0 Å². The van der Waals surface area contributed by atoms with E-state index < -0.39 is 0 Å². The summed E-state index contributed by atoms with van der Waals surface area (Å²) >= 11 is 0. The molecular formula is C12H24N4O. The molecule has 0 bridgehead atoms. The number of carbonyl (C=O) groups is 1. The summed E-state index contributed by atoms with van der Waals surface area (Å²) in [6, 6.07) is 0.118. The minimum Gasteiger partial charge on any atom is -0.338 e. The summed E-state index contributed by atoms with van der Waals surface area (Å²) in [5, 5.41) is 3.07. The molecule has 1 unspecified atom stereocenters. The van der Waals surface area contributed by atoms with Crippen LogP contribution in [0.2, 0.25) is 0 Å². The number of nitrogens with zero attached hydrogens (tertiary/aromatic N) is 3. The first-order valence-electron chi connectivity index (χ1n) is 6.55.